The molecule has 0 bridgehead atoms. The zero-order chi connectivity index (χ0) is 8.53. The lowest BCUT2D eigenvalue weighted by Crippen LogP contribution is -2.01. The molecular weight excluding hydrogens is 140 g/mol. The van der Waals surface area contributed by atoms with E-state index < -0.39 is 0 Å². The maximum absolute atomic E-state index is 9.20. The fraction of sp³-hybridized carbons (Fsp3) is 0.778. The summed E-state index contributed by atoms with van der Waals surface area (Å²) in [6, 6.07) is 0. The Labute approximate surface area is 68.6 Å². The van der Waals surface area contributed by atoms with Crippen LogP contribution in [0.3, 0.4) is 0 Å². The molecule has 0 saturated carbocycles. The average Bonchev–Trinajstić information content (AvgIpc) is 1.99. The van der Waals surface area contributed by atoms with Crippen molar-refractivity contribution in [2.24, 2.45) is 0 Å². The molecule has 0 spiro atoms. The number of hydrogen-bond acceptors (Lipinski definition) is 2. The molecule has 0 aliphatic rings. The maximum atomic E-state index is 9.20. The first-order valence-electron chi connectivity index (χ1n) is 4.23. The van der Waals surface area contributed by atoms with Crippen LogP contribution in [0.4, 0.5) is 0 Å². The Kier molecular flexibility index (Phi) is 7.52. The fourth-order valence-corrected chi connectivity index (χ4v) is 0.960. The molecule has 2 N–H and O–H groups in total. The molecule has 0 radical (unpaired) electrons. The van der Waals surface area contributed by atoms with Crippen molar-refractivity contribution in [1.29, 1.82) is 0 Å². The molecule has 11 heavy (non-hydrogen) atoms. The summed E-state index contributed by atoms with van der Waals surface area (Å²) in [7, 11) is 0. The smallest absolute Gasteiger partial charge is 0.0720 e. The van der Waals surface area contributed by atoms with Gasteiger partial charge in [0.2, 0.25) is 0 Å². The van der Waals surface area contributed by atoms with E-state index in [0.29, 0.717) is 0 Å². The van der Waals surface area contributed by atoms with Crippen LogP contribution < -0.4 is 0 Å². The van der Waals surface area contributed by atoms with Crippen LogP contribution in [0.5, 0.6) is 0 Å². The molecule has 2 heteroatoms. The van der Waals surface area contributed by atoms with Crippen molar-refractivity contribution in [3.05, 3.63) is 12.2 Å². The second-order valence-corrected chi connectivity index (χ2v) is 2.67. The second kappa shape index (κ2) is 7.76. The van der Waals surface area contributed by atoms with Gasteiger partial charge in [0.15, 0.2) is 0 Å². The third-order valence-corrected chi connectivity index (χ3v) is 1.57. The maximum Gasteiger partial charge on any atom is 0.0720 e. The number of rotatable bonds is 6. The highest BCUT2D eigenvalue weighted by atomic mass is 16.3. The van der Waals surface area contributed by atoms with Crippen molar-refractivity contribution in [2.45, 2.75) is 38.7 Å². The Hall–Kier alpha value is -0.340. The highest BCUT2D eigenvalue weighted by molar-refractivity contribution is 4.84. The van der Waals surface area contributed by atoms with Crippen LogP contribution >= 0.6 is 0 Å². The SMILES string of the molecule is CC=CC(O)CCCCCO. The molecule has 2 nitrogen and oxygen atoms in total. The van der Waals surface area contributed by atoms with E-state index in [1.807, 2.05) is 13.0 Å². The van der Waals surface area contributed by atoms with E-state index in [0.717, 1.165) is 25.7 Å². The van der Waals surface area contributed by atoms with Crippen LogP contribution in [0.25, 0.3) is 0 Å². The first kappa shape index (κ1) is 10.7. The van der Waals surface area contributed by atoms with Gasteiger partial charge in [-0.2, -0.15) is 0 Å². The molecule has 0 aliphatic carbocycles. The highest BCUT2D eigenvalue weighted by Crippen LogP contribution is 2.03. The first-order valence-corrected chi connectivity index (χ1v) is 4.23. The van der Waals surface area contributed by atoms with Gasteiger partial charge in [-0.3, -0.25) is 0 Å². The van der Waals surface area contributed by atoms with Crippen molar-refractivity contribution in [1.82, 2.24) is 0 Å². The summed E-state index contributed by atoms with van der Waals surface area (Å²) in [5, 5.41) is 17.7. The molecular formula is C9H18O2. The Bertz CT molecular complexity index is 99.7. The minimum absolute atomic E-state index is 0.264. The average molecular weight is 158 g/mol. The first-order chi connectivity index (χ1) is 5.31. The van der Waals surface area contributed by atoms with Gasteiger partial charge < -0.3 is 10.2 Å². The Balaban J connectivity index is 3.10. The molecule has 66 valence electrons. The summed E-state index contributed by atoms with van der Waals surface area (Å²) in [6.07, 6.45) is 7.01. The standard InChI is InChI=1S/C9H18O2/c1-2-6-9(11)7-4-3-5-8-10/h2,6,9-11H,3-5,7-8H2,1H3. The number of allylic oxidation sites excluding steroid dienone is 1. The zero-order valence-corrected chi connectivity index (χ0v) is 7.16. The van der Waals surface area contributed by atoms with Crippen LogP contribution in [0.2, 0.25) is 0 Å². The molecule has 1 atom stereocenters. The molecule has 0 aromatic heterocycles. The van der Waals surface area contributed by atoms with Crippen LogP contribution in [0, 0.1) is 0 Å². The fourth-order valence-electron chi connectivity index (χ4n) is 0.960. The van der Waals surface area contributed by atoms with Gasteiger partial charge >= 0.3 is 0 Å². The van der Waals surface area contributed by atoms with E-state index in [1.165, 1.54) is 0 Å². The summed E-state index contributed by atoms with van der Waals surface area (Å²) >= 11 is 0. The van der Waals surface area contributed by atoms with Gasteiger partial charge in [0.05, 0.1) is 6.10 Å². The summed E-state index contributed by atoms with van der Waals surface area (Å²) in [5.74, 6) is 0. The lowest BCUT2D eigenvalue weighted by Gasteiger charge is -2.03. The number of unbranched alkanes of at least 4 members (excludes halogenated alkanes) is 2. The number of hydrogen-bond donors (Lipinski definition) is 2. The van der Waals surface area contributed by atoms with Crippen LogP contribution in [0.15, 0.2) is 12.2 Å². The molecule has 0 heterocycles. The van der Waals surface area contributed by atoms with Gasteiger partial charge in [-0.15, -0.1) is 0 Å². The van der Waals surface area contributed by atoms with E-state index >= 15 is 0 Å². The Morgan fingerprint density at radius 3 is 2.55 bits per heavy atom. The van der Waals surface area contributed by atoms with E-state index in [9.17, 15) is 5.11 Å². The lowest BCUT2D eigenvalue weighted by molar-refractivity contribution is 0.205. The van der Waals surface area contributed by atoms with Crippen LogP contribution in [0.1, 0.15) is 32.6 Å². The molecule has 0 aromatic rings. The molecule has 0 aliphatic heterocycles. The van der Waals surface area contributed by atoms with Crippen molar-refractivity contribution in [2.75, 3.05) is 6.61 Å². The van der Waals surface area contributed by atoms with E-state index in [2.05, 4.69) is 0 Å². The van der Waals surface area contributed by atoms with Crippen molar-refractivity contribution in [3.63, 3.8) is 0 Å². The molecule has 0 fully saturated rings. The van der Waals surface area contributed by atoms with Gasteiger partial charge in [0.1, 0.15) is 0 Å². The van der Waals surface area contributed by atoms with E-state index in [1.54, 1.807) is 6.08 Å². The largest absolute Gasteiger partial charge is 0.396 e. The number of aliphatic hydroxyl groups excluding tert-OH is 2. The van der Waals surface area contributed by atoms with E-state index in [-0.39, 0.29) is 12.7 Å². The third-order valence-electron chi connectivity index (χ3n) is 1.57. The quantitative estimate of drug-likeness (QED) is 0.454. The molecule has 0 amide bonds. The van der Waals surface area contributed by atoms with Crippen LogP contribution in [-0.4, -0.2) is 22.9 Å². The zero-order valence-electron chi connectivity index (χ0n) is 7.16. The summed E-state index contributed by atoms with van der Waals surface area (Å²) < 4.78 is 0. The molecule has 0 saturated heterocycles. The lowest BCUT2D eigenvalue weighted by atomic mass is 10.1. The number of aliphatic hydroxyl groups is 2. The van der Waals surface area contributed by atoms with E-state index in [4.69, 9.17) is 5.11 Å². The van der Waals surface area contributed by atoms with Gasteiger partial charge in [-0.1, -0.05) is 25.0 Å². The van der Waals surface area contributed by atoms with Gasteiger partial charge in [0.25, 0.3) is 0 Å². The minimum atomic E-state index is -0.293. The van der Waals surface area contributed by atoms with Crippen molar-refractivity contribution >= 4 is 0 Å². The molecule has 0 aromatic carbocycles. The van der Waals surface area contributed by atoms with Crippen molar-refractivity contribution < 1.29 is 10.2 Å². The van der Waals surface area contributed by atoms with Gasteiger partial charge in [0, 0.05) is 6.61 Å². The normalized spacial score (nSPS) is 14.1. The van der Waals surface area contributed by atoms with Crippen LogP contribution in [-0.2, 0) is 0 Å². The third kappa shape index (κ3) is 7.56. The summed E-state index contributed by atoms with van der Waals surface area (Å²) in [6.45, 7) is 2.16. The van der Waals surface area contributed by atoms with Gasteiger partial charge in [-0.25, -0.2) is 0 Å². The van der Waals surface area contributed by atoms with Gasteiger partial charge in [-0.05, 0) is 19.8 Å². The summed E-state index contributed by atoms with van der Waals surface area (Å²) in [5.41, 5.74) is 0. The Morgan fingerprint density at radius 2 is 2.00 bits per heavy atom. The highest BCUT2D eigenvalue weighted by Gasteiger charge is 1.96. The molecule has 0 rings (SSSR count). The Morgan fingerprint density at radius 1 is 1.27 bits per heavy atom. The molecule has 1 unspecified atom stereocenters. The monoisotopic (exact) mass is 158 g/mol. The topological polar surface area (TPSA) is 40.5 Å². The predicted octanol–water partition coefficient (Wildman–Crippen LogP) is 1.48. The summed E-state index contributed by atoms with van der Waals surface area (Å²) in [4.78, 5) is 0. The minimum Gasteiger partial charge on any atom is -0.396 e. The second-order valence-electron chi connectivity index (χ2n) is 2.67. The van der Waals surface area contributed by atoms with Crippen molar-refractivity contribution in [3.8, 4) is 0 Å². The predicted molar refractivity (Wildman–Crippen MR) is 46.4 cm³/mol.